The molecule has 1 aliphatic rings. The molecule has 0 atom stereocenters. The fraction of sp³-hybridized carbons (Fsp3) is 0.214. The van der Waals surface area contributed by atoms with Crippen molar-refractivity contribution in [3.05, 3.63) is 83.8 Å². The van der Waals surface area contributed by atoms with Gasteiger partial charge in [0.05, 0.1) is 31.3 Å². The Bertz CT molecular complexity index is 1490. The number of furan rings is 1. The van der Waals surface area contributed by atoms with Gasteiger partial charge in [-0.3, -0.25) is 4.79 Å². The smallest absolute Gasteiger partial charge is 0.379 e. The van der Waals surface area contributed by atoms with E-state index in [0.717, 1.165) is 5.69 Å². The average Bonchev–Trinajstić information content (AvgIpc) is 3.54. The van der Waals surface area contributed by atoms with E-state index in [4.69, 9.17) is 13.9 Å². The van der Waals surface area contributed by atoms with Gasteiger partial charge in [-0.25, -0.2) is 10.2 Å². The number of ketones is 1. The van der Waals surface area contributed by atoms with Gasteiger partial charge < -0.3 is 24.1 Å². The van der Waals surface area contributed by atoms with Gasteiger partial charge in [0.25, 0.3) is 0 Å². The Kier molecular flexibility index (Phi) is 8.37. The maximum atomic E-state index is 12.6. The molecule has 40 heavy (non-hydrogen) atoms. The fourth-order valence-electron chi connectivity index (χ4n) is 3.86. The molecular weight excluding hydrogens is 514 g/mol. The van der Waals surface area contributed by atoms with Crippen molar-refractivity contribution in [2.45, 2.75) is 13.3 Å². The minimum absolute atomic E-state index is 0.0414. The monoisotopic (exact) mass is 541 g/mol. The third kappa shape index (κ3) is 6.66. The van der Waals surface area contributed by atoms with Crippen molar-refractivity contribution >= 4 is 41.5 Å². The van der Waals surface area contributed by atoms with E-state index in [2.05, 4.69) is 30.8 Å². The third-order valence-corrected chi connectivity index (χ3v) is 5.88. The lowest BCUT2D eigenvalue weighted by Crippen LogP contribution is -2.37. The summed E-state index contributed by atoms with van der Waals surface area (Å²) < 4.78 is 15.9. The number of hydrogen-bond acceptors (Lipinski definition) is 12. The van der Waals surface area contributed by atoms with Crippen molar-refractivity contribution in [2.75, 3.05) is 41.9 Å². The summed E-state index contributed by atoms with van der Waals surface area (Å²) in [5.41, 5.74) is 4.55. The number of hydrazone groups is 1. The highest BCUT2D eigenvalue weighted by Gasteiger charge is 2.19. The summed E-state index contributed by atoms with van der Waals surface area (Å²) in [5, 5.41) is 7.46. The van der Waals surface area contributed by atoms with Crippen molar-refractivity contribution in [3.8, 4) is 5.75 Å². The highest BCUT2D eigenvalue weighted by molar-refractivity contribution is 6.01. The second-order valence-electron chi connectivity index (χ2n) is 8.64. The van der Waals surface area contributed by atoms with Crippen LogP contribution in [0.15, 0.2) is 76.4 Å². The SMILES string of the molecule is CCC(=O)c1cc(/C=N/Nc2nc(Nc3ccccc3)nc(N3CCOCC3)n2)ccc1OC(=O)c1ccco1. The zero-order valence-electron chi connectivity index (χ0n) is 21.7. The van der Waals surface area contributed by atoms with Crippen molar-refractivity contribution in [2.24, 2.45) is 5.10 Å². The number of benzene rings is 2. The summed E-state index contributed by atoms with van der Waals surface area (Å²) >= 11 is 0. The molecule has 0 radical (unpaired) electrons. The van der Waals surface area contributed by atoms with Crippen molar-refractivity contribution in [1.29, 1.82) is 0 Å². The zero-order valence-corrected chi connectivity index (χ0v) is 21.7. The van der Waals surface area contributed by atoms with Gasteiger partial charge in [-0.1, -0.05) is 25.1 Å². The van der Waals surface area contributed by atoms with Gasteiger partial charge >= 0.3 is 5.97 Å². The van der Waals surface area contributed by atoms with Gasteiger partial charge in [0.1, 0.15) is 5.75 Å². The summed E-state index contributed by atoms with van der Waals surface area (Å²) in [7, 11) is 0. The number of ether oxygens (including phenoxy) is 2. The average molecular weight is 542 g/mol. The van der Waals surface area contributed by atoms with E-state index in [1.165, 1.54) is 18.5 Å². The van der Waals surface area contributed by atoms with Gasteiger partial charge in [0, 0.05) is 25.2 Å². The summed E-state index contributed by atoms with van der Waals surface area (Å²) in [6, 6.07) is 17.5. The number of esters is 1. The molecule has 4 aromatic rings. The van der Waals surface area contributed by atoms with E-state index in [1.807, 2.05) is 35.2 Å². The molecule has 12 nitrogen and oxygen atoms in total. The Labute approximate surface area is 230 Å². The number of anilines is 4. The topological polar surface area (TPSA) is 144 Å². The molecule has 3 heterocycles. The van der Waals surface area contributed by atoms with Gasteiger partial charge in [-0.15, -0.1) is 0 Å². The number of hydrogen-bond donors (Lipinski definition) is 2. The van der Waals surface area contributed by atoms with E-state index >= 15 is 0 Å². The molecule has 0 unspecified atom stereocenters. The molecule has 0 bridgehead atoms. The van der Waals surface area contributed by atoms with E-state index in [1.54, 1.807) is 31.2 Å². The molecule has 1 aliphatic heterocycles. The third-order valence-electron chi connectivity index (χ3n) is 5.88. The van der Waals surface area contributed by atoms with Gasteiger partial charge in [0.15, 0.2) is 5.78 Å². The number of para-hydroxylation sites is 1. The summed E-state index contributed by atoms with van der Waals surface area (Å²) in [6.45, 7) is 4.21. The van der Waals surface area contributed by atoms with Crippen molar-refractivity contribution in [3.63, 3.8) is 0 Å². The van der Waals surface area contributed by atoms with E-state index in [0.29, 0.717) is 43.8 Å². The van der Waals surface area contributed by atoms with Crippen molar-refractivity contribution < 1.29 is 23.5 Å². The predicted octanol–water partition coefficient (Wildman–Crippen LogP) is 4.30. The van der Waals surface area contributed by atoms with Crippen LogP contribution in [0, 0.1) is 0 Å². The summed E-state index contributed by atoms with van der Waals surface area (Å²) in [6.07, 6.45) is 3.13. The summed E-state index contributed by atoms with van der Waals surface area (Å²) in [5.74, 6) is 0.396. The number of Topliss-reactive ketones (excluding diaryl/α,β-unsaturated/α-hetero) is 1. The molecule has 2 aromatic heterocycles. The van der Waals surface area contributed by atoms with Crippen LogP contribution in [0.25, 0.3) is 0 Å². The molecule has 0 spiro atoms. The van der Waals surface area contributed by atoms with E-state index in [9.17, 15) is 9.59 Å². The Balaban J connectivity index is 1.35. The molecule has 0 saturated carbocycles. The Morgan fingerprint density at radius 1 is 1.02 bits per heavy atom. The van der Waals surface area contributed by atoms with Gasteiger partial charge in [0.2, 0.25) is 23.6 Å². The maximum Gasteiger partial charge on any atom is 0.379 e. The lowest BCUT2D eigenvalue weighted by atomic mass is 10.0. The number of rotatable bonds is 10. The summed E-state index contributed by atoms with van der Waals surface area (Å²) in [4.78, 5) is 40.5. The van der Waals surface area contributed by atoms with Crippen LogP contribution in [-0.4, -0.2) is 59.2 Å². The first kappa shape index (κ1) is 26.5. The number of carbonyl (C=O) groups is 2. The normalized spacial score (nSPS) is 13.3. The number of morpholine rings is 1. The first-order chi connectivity index (χ1) is 19.6. The minimum atomic E-state index is -0.691. The van der Waals surface area contributed by atoms with E-state index in [-0.39, 0.29) is 35.2 Å². The second-order valence-corrected chi connectivity index (χ2v) is 8.64. The van der Waals surface area contributed by atoms with E-state index < -0.39 is 5.97 Å². The van der Waals surface area contributed by atoms with Crippen LogP contribution in [0.2, 0.25) is 0 Å². The Morgan fingerprint density at radius 3 is 2.58 bits per heavy atom. The molecule has 5 rings (SSSR count). The molecule has 1 fully saturated rings. The highest BCUT2D eigenvalue weighted by atomic mass is 16.5. The van der Waals surface area contributed by atoms with Crippen LogP contribution in [0.4, 0.5) is 23.5 Å². The number of nitrogens with zero attached hydrogens (tertiary/aromatic N) is 5. The molecule has 204 valence electrons. The van der Waals surface area contributed by atoms with Crippen LogP contribution in [0.3, 0.4) is 0 Å². The second kappa shape index (κ2) is 12.6. The molecule has 12 heteroatoms. The predicted molar refractivity (Wildman–Crippen MR) is 149 cm³/mol. The lowest BCUT2D eigenvalue weighted by molar-refractivity contribution is 0.0699. The fourth-order valence-corrected chi connectivity index (χ4v) is 3.86. The largest absolute Gasteiger partial charge is 0.457 e. The van der Waals surface area contributed by atoms with Crippen LogP contribution < -0.4 is 20.4 Å². The molecule has 1 saturated heterocycles. The van der Waals surface area contributed by atoms with Gasteiger partial charge in [-0.2, -0.15) is 20.1 Å². The number of carbonyl (C=O) groups excluding carboxylic acids is 2. The van der Waals surface area contributed by atoms with Crippen LogP contribution >= 0.6 is 0 Å². The molecule has 2 aromatic carbocycles. The molecule has 0 amide bonds. The number of nitrogens with one attached hydrogen (secondary N) is 2. The van der Waals surface area contributed by atoms with Crippen LogP contribution in [0.5, 0.6) is 5.75 Å². The Morgan fingerprint density at radius 2 is 1.82 bits per heavy atom. The molecule has 2 N–H and O–H groups in total. The quantitative estimate of drug-likeness (QED) is 0.0974. The highest BCUT2D eigenvalue weighted by Crippen LogP contribution is 2.23. The molecule has 0 aliphatic carbocycles. The van der Waals surface area contributed by atoms with Crippen LogP contribution in [0.1, 0.15) is 39.8 Å². The molecular formula is C28H27N7O5. The minimum Gasteiger partial charge on any atom is -0.457 e. The van der Waals surface area contributed by atoms with Gasteiger partial charge in [-0.05, 0) is 48.0 Å². The Hall–Kier alpha value is -5.10. The first-order valence-corrected chi connectivity index (χ1v) is 12.7. The van der Waals surface area contributed by atoms with Crippen LogP contribution in [-0.2, 0) is 4.74 Å². The zero-order chi connectivity index (χ0) is 27.7. The lowest BCUT2D eigenvalue weighted by Gasteiger charge is -2.27. The first-order valence-electron chi connectivity index (χ1n) is 12.7. The standard InChI is InChI=1S/C28H27N7O5/c1-2-22(36)21-17-19(10-11-23(21)40-25(37)24-9-6-14-39-24)18-29-34-27-31-26(30-20-7-4-3-5-8-20)32-28(33-27)35-12-15-38-16-13-35/h3-11,14,17-18H,2,12-13,15-16H2,1H3,(H2,30,31,32,33,34)/b29-18+. The maximum absolute atomic E-state index is 12.6. The van der Waals surface area contributed by atoms with Crippen molar-refractivity contribution in [1.82, 2.24) is 15.0 Å². The number of aromatic nitrogens is 3.